The van der Waals surface area contributed by atoms with Gasteiger partial charge in [0.15, 0.2) is 5.82 Å². The molecule has 4 heteroatoms. The molecule has 1 unspecified atom stereocenters. The fourth-order valence-corrected chi connectivity index (χ4v) is 2.01. The second-order valence-electron chi connectivity index (χ2n) is 4.58. The van der Waals surface area contributed by atoms with Crippen molar-refractivity contribution >= 4 is 5.69 Å². The van der Waals surface area contributed by atoms with Crippen LogP contribution in [0.25, 0.3) is 0 Å². The van der Waals surface area contributed by atoms with E-state index in [4.69, 9.17) is 10.5 Å². The summed E-state index contributed by atoms with van der Waals surface area (Å²) in [7, 11) is 0. The van der Waals surface area contributed by atoms with E-state index in [2.05, 4.69) is 16.9 Å². The van der Waals surface area contributed by atoms with Gasteiger partial charge in [-0.15, -0.1) is 0 Å². The normalized spacial score (nSPS) is 17.1. The predicted octanol–water partition coefficient (Wildman–Crippen LogP) is 2.81. The van der Waals surface area contributed by atoms with Crippen molar-refractivity contribution in [2.75, 3.05) is 12.3 Å². The van der Waals surface area contributed by atoms with E-state index >= 15 is 0 Å². The van der Waals surface area contributed by atoms with Crippen LogP contribution >= 0.6 is 0 Å². The summed E-state index contributed by atoms with van der Waals surface area (Å²) in [6, 6.07) is 0. The minimum Gasteiger partial charge on any atom is -0.396 e. The molecule has 94 valence electrons. The van der Waals surface area contributed by atoms with E-state index in [-0.39, 0.29) is 6.10 Å². The molecule has 2 rings (SSSR count). The van der Waals surface area contributed by atoms with Gasteiger partial charge in [0, 0.05) is 12.5 Å². The van der Waals surface area contributed by atoms with Crippen LogP contribution in [0.5, 0.6) is 0 Å². The quantitative estimate of drug-likeness (QED) is 0.823. The Balaban J connectivity index is 2.20. The molecule has 1 heterocycles. The minimum atomic E-state index is 0.0168. The zero-order valence-electron chi connectivity index (χ0n) is 10.6. The van der Waals surface area contributed by atoms with Crippen LogP contribution in [0.3, 0.4) is 0 Å². The van der Waals surface area contributed by atoms with E-state index in [1.807, 2.05) is 6.92 Å². The highest BCUT2D eigenvalue weighted by Crippen LogP contribution is 2.41. The van der Waals surface area contributed by atoms with Crippen molar-refractivity contribution in [3.8, 4) is 0 Å². The fourth-order valence-electron chi connectivity index (χ4n) is 2.01. The summed E-state index contributed by atoms with van der Waals surface area (Å²) in [5.41, 5.74) is 7.66. The van der Waals surface area contributed by atoms with E-state index in [1.165, 1.54) is 12.8 Å². The second-order valence-corrected chi connectivity index (χ2v) is 4.58. The van der Waals surface area contributed by atoms with Crippen LogP contribution in [0.2, 0.25) is 0 Å². The number of nitrogens with zero attached hydrogens (tertiary/aromatic N) is 2. The zero-order chi connectivity index (χ0) is 12.3. The lowest BCUT2D eigenvalue weighted by Gasteiger charge is -2.16. The molecule has 1 aromatic rings. The first kappa shape index (κ1) is 12.3. The van der Waals surface area contributed by atoms with Crippen LogP contribution in [-0.4, -0.2) is 16.6 Å². The van der Waals surface area contributed by atoms with E-state index in [0.29, 0.717) is 12.5 Å². The average Bonchev–Trinajstić information content (AvgIpc) is 3.13. The molecule has 0 radical (unpaired) electrons. The summed E-state index contributed by atoms with van der Waals surface area (Å²) in [5, 5.41) is 0. The van der Waals surface area contributed by atoms with Crippen LogP contribution < -0.4 is 5.73 Å². The molecule has 0 bridgehead atoms. The van der Waals surface area contributed by atoms with Crippen molar-refractivity contribution < 1.29 is 4.74 Å². The fraction of sp³-hybridized carbons (Fsp3) is 0.692. The molecular weight excluding hydrogens is 214 g/mol. The average molecular weight is 235 g/mol. The number of anilines is 1. The summed E-state index contributed by atoms with van der Waals surface area (Å²) in [5.74, 6) is 1.35. The topological polar surface area (TPSA) is 61.0 Å². The Morgan fingerprint density at radius 3 is 2.82 bits per heavy atom. The molecule has 17 heavy (non-hydrogen) atoms. The summed E-state index contributed by atoms with van der Waals surface area (Å²) >= 11 is 0. The smallest absolute Gasteiger partial charge is 0.157 e. The molecule has 1 aliphatic carbocycles. The van der Waals surface area contributed by atoms with Crippen molar-refractivity contribution in [2.45, 2.75) is 51.6 Å². The van der Waals surface area contributed by atoms with Crippen LogP contribution in [0.1, 0.15) is 63.1 Å². The van der Waals surface area contributed by atoms with Gasteiger partial charge in [0.25, 0.3) is 0 Å². The highest BCUT2D eigenvalue weighted by atomic mass is 16.5. The van der Waals surface area contributed by atoms with Crippen LogP contribution in [0.15, 0.2) is 6.20 Å². The third-order valence-corrected chi connectivity index (χ3v) is 3.04. The molecule has 2 N–H and O–H groups in total. The van der Waals surface area contributed by atoms with Gasteiger partial charge in [0.1, 0.15) is 6.10 Å². The van der Waals surface area contributed by atoms with Crippen molar-refractivity contribution in [1.29, 1.82) is 0 Å². The first-order chi connectivity index (χ1) is 8.26. The van der Waals surface area contributed by atoms with E-state index in [0.717, 1.165) is 30.0 Å². The minimum absolute atomic E-state index is 0.0168. The zero-order valence-corrected chi connectivity index (χ0v) is 10.6. The first-order valence-corrected chi connectivity index (χ1v) is 6.50. The summed E-state index contributed by atoms with van der Waals surface area (Å²) < 4.78 is 5.70. The number of aromatic nitrogens is 2. The number of hydrogen-bond donors (Lipinski definition) is 1. The highest BCUT2D eigenvalue weighted by molar-refractivity contribution is 5.44. The number of nitrogens with two attached hydrogens (primary N) is 1. The van der Waals surface area contributed by atoms with Gasteiger partial charge in [0.2, 0.25) is 0 Å². The van der Waals surface area contributed by atoms with Gasteiger partial charge in [-0.05, 0) is 26.2 Å². The molecule has 0 aliphatic heterocycles. The molecule has 1 saturated carbocycles. The van der Waals surface area contributed by atoms with E-state index in [9.17, 15) is 0 Å². The molecule has 1 fully saturated rings. The van der Waals surface area contributed by atoms with Gasteiger partial charge in [-0.1, -0.05) is 13.3 Å². The van der Waals surface area contributed by atoms with Gasteiger partial charge in [-0.25, -0.2) is 9.97 Å². The Morgan fingerprint density at radius 2 is 2.24 bits per heavy atom. The summed E-state index contributed by atoms with van der Waals surface area (Å²) in [6.07, 6.45) is 6.18. The van der Waals surface area contributed by atoms with E-state index < -0.39 is 0 Å². The Morgan fingerprint density at radius 1 is 1.47 bits per heavy atom. The molecule has 1 aliphatic rings. The summed E-state index contributed by atoms with van der Waals surface area (Å²) in [6.45, 7) is 4.84. The van der Waals surface area contributed by atoms with Gasteiger partial charge in [-0.3, -0.25) is 0 Å². The first-order valence-electron chi connectivity index (χ1n) is 6.50. The standard InChI is InChI=1S/C13H21N3O/c1-3-5-11(17-4-2)13-15-8-10(14)12(16-13)9-6-7-9/h8-9,11H,3-7,14H2,1-2H3. The molecule has 0 amide bonds. The highest BCUT2D eigenvalue weighted by Gasteiger charge is 2.28. The Labute approximate surface area is 103 Å². The lowest BCUT2D eigenvalue weighted by molar-refractivity contribution is 0.0492. The lowest BCUT2D eigenvalue weighted by Crippen LogP contribution is -2.11. The monoisotopic (exact) mass is 235 g/mol. The third kappa shape index (κ3) is 2.94. The third-order valence-electron chi connectivity index (χ3n) is 3.04. The van der Waals surface area contributed by atoms with Gasteiger partial charge in [0.05, 0.1) is 17.6 Å². The Hall–Kier alpha value is -1.16. The molecule has 4 nitrogen and oxygen atoms in total. The second kappa shape index (κ2) is 5.45. The summed E-state index contributed by atoms with van der Waals surface area (Å²) in [4.78, 5) is 8.94. The SMILES string of the molecule is CCCC(OCC)c1ncc(N)c(C2CC2)n1. The van der Waals surface area contributed by atoms with Crippen LogP contribution in [0, 0.1) is 0 Å². The van der Waals surface area contributed by atoms with Gasteiger partial charge < -0.3 is 10.5 Å². The van der Waals surface area contributed by atoms with Gasteiger partial charge >= 0.3 is 0 Å². The van der Waals surface area contributed by atoms with Gasteiger partial charge in [-0.2, -0.15) is 0 Å². The van der Waals surface area contributed by atoms with Crippen molar-refractivity contribution in [2.24, 2.45) is 0 Å². The lowest BCUT2D eigenvalue weighted by atomic mass is 10.1. The van der Waals surface area contributed by atoms with Crippen LogP contribution in [0.4, 0.5) is 5.69 Å². The molecule has 0 saturated heterocycles. The van der Waals surface area contributed by atoms with Crippen molar-refractivity contribution in [3.05, 3.63) is 17.7 Å². The molecule has 0 spiro atoms. The largest absolute Gasteiger partial charge is 0.396 e. The maximum absolute atomic E-state index is 5.91. The Bertz CT molecular complexity index is 371. The molecule has 0 aromatic carbocycles. The molecule has 1 aromatic heterocycles. The maximum atomic E-state index is 5.91. The molecule has 1 atom stereocenters. The number of hydrogen-bond acceptors (Lipinski definition) is 4. The van der Waals surface area contributed by atoms with Crippen LogP contribution in [-0.2, 0) is 4.74 Å². The Kier molecular flexibility index (Phi) is 3.94. The predicted molar refractivity (Wildman–Crippen MR) is 67.7 cm³/mol. The van der Waals surface area contributed by atoms with E-state index in [1.54, 1.807) is 6.20 Å². The number of ether oxygens (including phenoxy) is 1. The molecular formula is C13H21N3O. The maximum Gasteiger partial charge on any atom is 0.157 e. The number of rotatable bonds is 6. The number of nitrogen functional groups attached to an aromatic ring is 1. The van der Waals surface area contributed by atoms with Crippen molar-refractivity contribution in [1.82, 2.24) is 9.97 Å². The van der Waals surface area contributed by atoms with Crippen molar-refractivity contribution in [3.63, 3.8) is 0 Å².